The normalized spacial score (nSPS) is 11.9. The number of carbonyl (C=O) groups is 2. The van der Waals surface area contributed by atoms with Crippen molar-refractivity contribution in [2.75, 3.05) is 30.2 Å². The smallest absolute Gasteiger partial charge is 0.244 e. The van der Waals surface area contributed by atoms with Crippen LogP contribution >= 0.6 is 0 Å². The summed E-state index contributed by atoms with van der Waals surface area (Å²) in [7, 11) is -3.81. The molecule has 0 heterocycles. The second-order valence-corrected chi connectivity index (χ2v) is 11.5. The summed E-state index contributed by atoms with van der Waals surface area (Å²) in [6.07, 6.45) is 3.79. The number of anilines is 1. The number of benzene rings is 3. The molecule has 0 saturated carbocycles. The van der Waals surface area contributed by atoms with Crippen molar-refractivity contribution in [3.63, 3.8) is 0 Å². The van der Waals surface area contributed by atoms with Gasteiger partial charge in [0.2, 0.25) is 21.8 Å². The number of hydrogen-bond acceptors (Lipinski definition) is 5. The maximum atomic E-state index is 13.8. The number of unbranched alkanes of at least 4 members (excludes halogenated alkanes) is 1. The first-order valence-corrected chi connectivity index (χ1v) is 15.5. The number of ether oxygens (including phenoxy) is 1. The summed E-state index contributed by atoms with van der Waals surface area (Å²) in [5.41, 5.74) is 1.36. The molecule has 1 N–H and O–H groups in total. The van der Waals surface area contributed by atoms with Crippen LogP contribution in [0.4, 0.5) is 5.69 Å². The Morgan fingerprint density at radius 1 is 0.875 bits per heavy atom. The number of nitrogens with one attached hydrogen (secondary N) is 1. The van der Waals surface area contributed by atoms with Gasteiger partial charge in [0, 0.05) is 13.1 Å². The highest BCUT2D eigenvalue weighted by Crippen LogP contribution is 2.26. The minimum absolute atomic E-state index is 0.231. The Kier molecular flexibility index (Phi) is 11.6. The van der Waals surface area contributed by atoms with Crippen molar-refractivity contribution in [3.05, 3.63) is 90.5 Å². The van der Waals surface area contributed by atoms with Crippen LogP contribution in [-0.4, -0.2) is 57.1 Å². The van der Waals surface area contributed by atoms with E-state index in [9.17, 15) is 18.0 Å². The van der Waals surface area contributed by atoms with E-state index in [1.165, 1.54) is 4.90 Å². The van der Waals surface area contributed by atoms with Crippen LogP contribution in [0.25, 0.3) is 0 Å². The molecule has 0 aliphatic rings. The maximum Gasteiger partial charge on any atom is 0.244 e. The molecule has 0 radical (unpaired) electrons. The van der Waals surface area contributed by atoms with Gasteiger partial charge in [-0.05, 0) is 61.2 Å². The lowest BCUT2D eigenvalue weighted by molar-refractivity contribution is -0.139. The maximum absolute atomic E-state index is 13.8. The molecular formula is C31H39N3O5S. The van der Waals surface area contributed by atoms with Crippen molar-refractivity contribution in [2.45, 2.75) is 45.6 Å². The second kappa shape index (κ2) is 15.1. The summed E-state index contributed by atoms with van der Waals surface area (Å²) in [6, 6.07) is 24.8. The number of rotatable bonds is 15. The lowest BCUT2D eigenvalue weighted by Gasteiger charge is -2.33. The van der Waals surface area contributed by atoms with Gasteiger partial charge < -0.3 is 15.0 Å². The molecule has 0 fully saturated rings. The predicted molar refractivity (Wildman–Crippen MR) is 159 cm³/mol. The molecule has 3 aromatic rings. The van der Waals surface area contributed by atoms with Crippen molar-refractivity contribution < 1.29 is 22.7 Å². The van der Waals surface area contributed by atoms with Crippen LogP contribution in [0, 0.1) is 0 Å². The quantitative estimate of drug-likeness (QED) is 0.261. The Morgan fingerprint density at radius 3 is 2.05 bits per heavy atom. The molecule has 0 saturated heterocycles. The van der Waals surface area contributed by atoms with Crippen molar-refractivity contribution in [1.82, 2.24) is 10.2 Å². The molecule has 3 aromatic carbocycles. The molecule has 0 spiro atoms. The van der Waals surface area contributed by atoms with Crippen molar-refractivity contribution in [3.8, 4) is 11.5 Å². The number of sulfonamides is 1. The van der Waals surface area contributed by atoms with Crippen molar-refractivity contribution >= 4 is 27.5 Å². The highest BCUT2D eigenvalue weighted by atomic mass is 32.2. The molecule has 3 rings (SSSR count). The number of hydrogen-bond donors (Lipinski definition) is 1. The summed E-state index contributed by atoms with van der Waals surface area (Å²) in [6.45, 7) is 4.28. The van der Waals surface area contributed by atoms with Gasteiger partial charge in [-0.15, -0.1) is 0 Å². The zero-order chi connectivity index (χ0) is 29.0. The number of para-hydroxylation sites is 1. The van der Waals surface area contributed by atoms with Gasteiger partial charge in [0.05, 0.1) is 11.9 Å². The fourth-order valence-corrected chi connectivity index (χ4v) is 5.17. The first-order valence-electron chi connectivity index (χ1n) is 13.6. The van der Waals surface area contributed by atoms with Crippen molar-refractivity contribution in [2.24, 2.45) is 0 Å². The minimum atomic E-state index is -3.81. The summed E-state index contributed by atoms with van der Waals surface area (Å²) in [4.78, 5) is 28.4. The molecule has 8 nitrogen and oxygen atoms in total. The van der Waals surface area contributed by atoms with E-state index in [0.29, 0.717) is 36.6 Å². The third-order valence-corrected chi connectivity index (χ3v) is 7.62. The highest BCUT2D eigenvalue weighted by molar-refractivity contribution is 7.92. The SMILES string of the molecule is CCCCNC(=O)[C@@H](CC)N(CCc1ccccc1)C(=O)CN(c1ccc(Oc2ccccc2)cc1)S(C)(=O)=O. The van der Waals surface area contributed by atoms with Crippen LogP contribution in [0.2, 0.25) is 0 Å². The first-order chi connectivity index (χ1) is 19.2. The van der Waals surface area contributed by atoms with E-state index in [1.54, 1.807) is 24.3 Å². The number of carbonyl (C=O) groups excluding carboxylic acids is 2. The van der Waals surface area contributed by atoms with Gasteiger partial charge in [0.25, 0.3) is 0 Å². The Balaban J connectivity index is 1.83. The van der Waals surface area contributed by atoms with Crippen LogP contribution in [-0.2, 0) is 26.0 Å². The van der Waals surface area contributed by atoms with Crippen LogP contribution in [0.15, 0.2) is 84.9 Å². The topological polar surface area (TPSA) is 96.0 Å². The van der Waals surface area contributed by atoms with Gasteiger partial charge in [-0.25, -0.2) is 8.42 Å². The van der Waals surface area contributed by atoms with E-state index < -0.39 is 28.5 Å². The van der Waals surface area contributed by atoms with Gasteiger partial charge in [0.15, 0.2) is 0 Å². The van der Waals surface area contributed by atoms with E-state index in [-0.39, 0.29) is 12.5 Å². The fourth-order valence-electron chi connectivity index (χ4n) is 4.32. The van der Waals surface area contributed by atoms with Gasteiger partial charge >= 0.3 is 0 Å². The molecule has 0 aromatic heterocycles. The average molecular weight is 566 g/mol. The standard InChI is InChI=1S/C31H39N3O5S/c1-4-6-22-32-31(36)29(5-2)33(23-21-25-13-9-7-10-14-25)30(35)24-34(40(3,37)38)26-17-19-28(20-18-26)39-27-15-11-8-12-16-27/h7-20,29H,4-6,21-24H2,1-3H3,(H,32,36)/t29-/m1/s1. The van der Waals surface area contributed by atoms with Crippen LogP contribution < -0.4 is 14.4 Å². The second-order valence-electron chi connectivity index (χ2n) is 9.57. The largest absolute Gasteiger partial charge is 0.457 e. The minimum Gasteiger partial charge on any atom is -0.457 e. The monoisotopic (exact) mass is 565 g/mol. The molecule has 0 aliphatic heterocycles. The highest BCUT2D eigenvalue weighted by Gasteiger charge is 2.31. The molecular weight excluding hydrogens is 526 g/mol. The first kappa shape index (κ1) is 30.7. The molecule has 0 unspecified atom stereocenters. The summed E-state index contributed by atoms with van der Waals surface area (Å²) in [5, 5.41) is 2.93. The lowest BCUT2D eigenvalue weighted by atomic mass is 10.1. The summed E-state index contributed by atoms with van der Waals surface area (Å²) < 4.78 is 32.6. The van der Waals surface area contributed by atoms with E-state index in [0.717, 1.165) is 29.0 Å². The zero-order valence-corrected chi connectivity index (χ0v) is 24.3. The van der Waals surface area contributed by atoms with Crippen LogP contribution in [0.3, 0.4) is 0 Å². The number of amides is 2. The Bertz CT molecular complexity index is 1320. The van der Waals surface area contributed by atoms with E-state index >= 15 is 0 Å². The number of nitrogens with zero attached hydrogens (tertiary/aromatic N) is 2. The van der Waals surface area contributed by atoms with Crippen LogP contribution in [0.1, 0.15) is 38.7 Å². The third-order valence-electron chi connectivity index (χ3n) is 6.48. The van der Waals surface area contributed by atoms with E-state index in [2.05, 4.69) is 5.32 Å². The summed E-state index contributed by atoms with van der Waals surface area (Å²) in [5.74, 6) is 0.519. The Morgan fingerprint density at radius 2 is 1.48 bits per heavy atom. The molecule has 1 atom stereocenters. The van der Waals surface area contributed by atoms with Gasteiger partial charge in [-0.1, -0.05) is 68.8 Å². The molecule has 214 valence electrons. The Hall–Kier alpha value is -3.85. The Labute approximate surface area is 238 Å². The van der Waals surface area contributed by atoms with Gasteiger partial charge in [-0.2, -0.15) is 0 Å². The van der Waals surface area contributed by atoms with Crippen LogP contribution in [0.5, 0.6) is 11.5 Å². The molecule has 9 heteroatoms. The lowest BCUT2D eigenvalue weighted by Crippen LogP contribution is -2.53. The average Bonchev–Trinajstić information content (AvgIpc) is 2.95. The van der Waals surface area contributed by atoms with Gasteiger partial charge in [-0.3, -0.25) is 13.9 Å². The fraction of sp³-hybridized carbons (Fsp3) is 0.355. The zero-order valence-electron chi connectivity index (χ0n) is 23.5. The molecule has 0 aliphatic carbocycles. The summed E-state index contributed by atoms with van der Waals surface area (Å²) >= 11 is 0. The third kappa shape index (κ3) is 9.12. The molecule has 2 amide bonds. The van der Waals surface area contributed by atoms with Gasteiger partial charge in [0.1, 0.15) is 24.1 Å². The van der Waals surface area contributed by atoms with E-state index in [4.69, 9.17) is 4.74 Å². The van der Waals surface area contributed by atoms with Crippen molar-refractivity contribution in [1.29, 1.82) is 0 Å². The molecule has 0 bridgehead atoms. The molecule has 40 heavy (non-hydrogen) atoms. The predicted octanol–water partition coefficient (Wildman–Crippen LogP) is 5.01. The van der Waals surface area contributed by atoms with E-state index in [1.807, 2.05) is 74.5 Å².